The number of anilines is 2. The zero-order valence-electron chi connectivity index (χ0n) is 35.3. The topological polar surface area (TPSA) is 159 Å². The molecule has 2 heterocycles. The quantitative estimate of drug-likeness (QED) is 0.0723. The molecule has 2 fully saturated rings. The van der Waals surface area contributed by atoms with Gasteiger partial charge >= 0.3 is 24.7 Å². The number of aliphatic hydroxyl groups is 2. The van der Waals surface area contributed by atoms with Gasteiger partial charge in [-0.2, -0.15) is 52.7 Å². The van der Waals surface area contributed by atoms with Gasteiger partial charge in [-0.25, -0.2) is 14.4 Å². The molecule has 25 heteroatoms. The number of rotatable bonds is 14. The van der Waals surface area contributed by atoms with E-state index in [1.165, 1.54) is 37.5 Å². The molecular formula is C43H41F13N4O6S2. The molecule has 0 radical (unpaired) electrons. The molecule has 2 aromatic heterocycles. The number of hydrogen-bond donors (Lipinski definition) is 4. The molecule has 2 aliphatic carbocycles. The van der Waals surface area contributed by atoms with Crippen LogP contribution < -0.4 is 10.6 Å². The standard InChI is InChI=1S/C22H22F6N2O3S.C21H19F7N2O3S/c1-13-9-16(20(32,21(23,24)25)22(26,27)28)6-7-17(13)30-18(31)10-15-5-8-19(29-11-15)34(2,33)12-14-3-4-14;1-34(33,11-12-2-3-12)18-7-4-13(10-29-18)8-17(31)30-16-6-5-14(9-15(16)22)19(32,20(23,24)25)21(26,27)28/h5-9,11,14,32H,2-4,10,12H2,1H3,(H,30,31);4-7,9-10,12,32H,1-3,8,11H2,(H,30,31). The molecule has 0 aliphatic heterocycles. The third kappa shape index (κ3) is 12.3. The van der Waals surface area contributed by atoms with E-state index in [0.717, 1.165) is 31.7 Å². The zero-order valence-corrected chi connectivity index (χ0v) is 36.9. The highest BCUT2D eigenvalue weighted by Crippen LogP contribution is 2.51. The molecule has 10 nitrogen and oxygen atoms in total. The largest absolute Gasteiger partial charge is 0.430 e. The fourth-order valence-corrected chi connectivity index (χ4v) is 10.2. The number of carbonyl (C=O) groups is 2. The number of aryl methyl sites for hydroxylation is 1. The molecule has 6 rings (SSSR count). The number of benzene rings is 2. The summed E-state index contributed by atoms with van der Waals surface area (Å²) in [6.45, 7) is 1.20. The number of amides is 2. The first-order valence-corrected chi connectivity index (χ1v) is 23.7. The van der Waals surface area contributed by atoms with Crippen molar-refractivity contribution in [2.24, 2.45) is 11.8 Å². The summed E-state index contributed by atoms with van der Waals surface area (Å²) in [5.74, 6) is 6.03. The van der Waals surface area contributed by atoms with E-state index in [1.54, 1.807) is 6.07 Å². The van der Waals surface area contributed by atoms with Crippen LogP contribution in [0.3, 0.4) is 0 Å². The molecule has 2 aliphatic rings. The van der Waals surface area contributed by atoms with E-state index in [1.807, 2.05) is 5.32 Å². The van der Waals surface area contributed by atoms with Crippen molar-refractivity contribution in [3.8, 4) is 0 Å². The van der Waals surface area contributed by atoms with E-state index in [2.05, 4.69) is 27.0 Å². The van der Waals surface area contributed by atoms with Crippen LogP contribution in [0.25, 0.3) is 0 Å². The van der Waals surface area contributed by atoms with Crippen molar-refractivity contribution in [1.29, 1.82) is 0 Å². The van der Waals surface area contributed by atoms with E-state index in [0.29, 0.717) is 57.7 Å². The van der Waals surface area contributed by atoms with Crippen LogP contribution in [0.1, 0.15) is 53.5 Å². The van der Waals surface area contributed by atoms with E-state index in [9.17, 15) is 85.3 Å². The van der Waals surface area contributed by atoms with Crippen molar-refractivity contribution >= 4 is 54.0 Å². The maximum atomic E-state index is 14.2. The third-order valence-electron chi connectivity index (χ3n) is 10.7. The van der Waals surface area contributed by atoms with E-state index < -0.39 is 89.4 Å². The summed E-state index contributed by atoms with van der Waals surface area (Å²) in [7, 11) is -5.10. The average molecular weight is 1020 g/mol. The van der Waals surface area contributed by atoms with Crippen molar-refractivity contribution in [2.75, 3.05) is 22.1 Å². The molecule has 2 unspecified atom stereocenters. The number of carbonyl (C=O) groups excluding carboxylic acids is 2. The minimum Gasteiger partial charge on any atom is -0.369 e. The number of nitrogens with one attached hydrogen (secondary N) is 2. The lowest BCUT2D eigenvalue weighted by Crippen LogP contribution is -2.54. The van der Waals surface area contributed by atoms with Gasteiger partial charge in [0.15, 0.2) is 0 Å². The minimum absolute atomic E-state index is 0.0183. The number of halogens is 13. The van der Waals surface area contributed by atoms with Gasteiger partial charge in [0.25, 0.3) is 11.2 Å². The number of hydrogen-bond acceptors (Lipinski definition) is 8. The van der Waals surface area contributed by atoms with Crippen molar-refractivity contribution in [3.05, 3.63) is 107 Å². The monoisotopic (exact) mass is 1020 g/mol. The Kier molecular flexibility index (Phi) is 15.2. The van der Waals surface area contributed by atoms with Gasteiger partial charge in [0.05, 0.1) is 18.5 Å². The summed E-state index contributed by atoms with van der Waals surface area (Å²) < 4.78 is 196. The van der Waals surface area contributed by atoms with Crippen LogP contribution in [0, 0.1) is 24.6 Å². The molecule has 0 spiro atoms. The Balaban J connectivity index is 0.000000254. The Morgan fingerprint density at radius 2 is 0.956 bits per heavy atom. The molecule has 2 saturated carbocycles. The lowest BCUT2D eigenvalue weighted by molar-refractivity contribution is -0.376. The SMILES string of the molecule is C=S(=O)(CC1CC1)c1ccc(CC(=O)Nc2ccc(C(O)(C(F)(F)F)C(F)(F)F)cc2C)cn1.C=S(=O)(CC1CC1)c1ccc(CC(=O)Nc2ccc(C(O)(C(F)(F)F)C(F)(F)F)cc2F)cn1. The predicted octanol–water partition coefficient (Wildman–Crippen LogP) is 8.57. The highest BCUT2D eigenvalue weighted by atomic mass is 32.2. The molecule has 2 amide bonds. The number of aromatic nitrogens is 2. The summed E-state index contributed by atoms with van der Waals surface area (Å²) in [6.07, 6.45) is -18.3. The van der Waals surface area contributed by atoms with Gasteiger partial charge in [-0.15, -0.1) is 0 Å². The Bertz CT molecular complexity index is 2500. The van der Waals surface area contributed by atoms with Gasteiger partial charge in [0, 0.05) is 59.8 Å². The van der Waals surface area contributed by atoms with Crippen molar-refractivity contribution in [1.82, 2.24) is 9.97 Å². The summed E-state index contributed by atoms with van der Waals surface area (Å²) in [4.78, 5) is 32.7. The molecule has 372 valence electrons. The van der Waals surface area contributed by atoms with Crippen LogP contribution in [-0.4, -0.2) is 88.4 Å². The molecule has 4 N–H and O–H groups in total. The van der Waals surface area contributed by atoms with Gasteiger partial charge in [0.2, 0.25) is 11.8 Å². The second-order valence-electron chi connectivity index (χ2n) is 16.4. The molecule has 0 bridgehead atoms. The first kappa shape index (κ1) is 53.7. The van der Waals surface area contributed by atoms with Crippen LogP contribution in [0.5, 0.6) is 0 Å². The maximum Gasteiger partial charge on any atom is 0.430 e. The first-order valence-electron chi connectivity index (χ1n) is 19.9. The van der Waals surface area contributed by atoms with Crippen LogP contribution in [0.15, 0.2) is 83.1 Å². The van der Waals surface area contributed by atoms with Crippen LogP contribution >= 0.6 is 0 Å². The summed E-state index contributed by atoms with van der Waals surface area (Å²) in [5.41, 5.74) is -13.6. The van der Waals surface area contributed by atoms with Crippen LogP contribution in [-0.2, 0) is 52.7 Å². The Hall–Kier alpha value is -5.27. The normalized spacial score (nSPS) is 16.7. The first-order chi connectivity index (χ1) is 31.1. The molecule has 2 aromatic carbocycles. The highest BCUT2D eigenvalue weighted by molar-refractivity contribution is 8.00. The Morgan fingerprint density at radius 1 is 0.603 bits per heavy atom. The number of pyridine rings is 2. The molecule has 2 atom stereocenters. The van der Waals surface area contributed by atoms with Gasteiger partial charge in [-0.05, 0) is 103 Å². The van der Waals surface area contributed by atoms with E-state index >= 15 is 0 Å². The average Bonchev–Trinajstić information content (AvgIpc) is 4.16. The highest BCUT2D eigenvalue weighted by Gasteiger charge is 2.72. The third-order valence-corrected chi connectivity index (χ3v) is 14.7. The number of nitrogens with zero attached hydrogens (tertiary/aromatic N) is 2. The van der Waals surface area contributed by atoms with Gasteiger partial charge in [-0.1, -0.05) is 30.3 Å². The van der Waals surface area contributed by atoms with Crippen LogP contribution in [0.2, 0.25) is 0 Å². The van der Waals surface area contributed by atoms with Crippen molar-refractivity contribution in [3.63, 3.8) is 0 Å². The smallest absolute Gasteiger partial charge is 0.369 e. The Labute approximate surface area is 380 Å². The lowest BCUT2D eigenvalue weighted by Gasteiger charge is -2.33. The fourth-order valence-electron chi connectivity index (χ4n) is 6.58. The fraction of sp³-hybridized carbons (Fsp3) is 0.395. The predicted molar refractivity (Wildman–Crippen MR) is 225 cm³/mol. The molecule has 68 heavy (non-hydrogen) atoms. The summed E-state index contributed by atoms with van der Waals surface area (Å²) in [5, 5.41) is 23.9. The summed E-state index contributed by atoms with van der Waals surface area (Å²) >= 11 is 0. The number of alkyl halides is 12. The molecule has 4 aromatic rings. The minimum atomic E-state index is -6.17. The van der Waals surface area contributed by atoms with E-state index in [4.69, 9.17) is 0 Å². The van der Waals surface area contributed by atoms with Gasteiger partial charge in [0.1, 0.15) is 15.9 Å². The van der Waals surface area contributed by atoms with Crippen molar-refractivity contribution in [2.45, 2.75) is 91.4 Å². The molecular weight excluding hydrogens is 980 g/mol. The van der Waals surface area contributed by atoms with Crippen LogP contribution in [0.4, 0.5) is 68.5 Å². The van der Waals surface area contributed by atoms with Gasteiger partial charge < -0.3 is 20.8 Å². The Morgan fingerprint density at radius 3 is 1.26 bits per heavy atom. The zero-order chi connectivity index (χ0) is 51.1. The second kappa shape index (κ2) is 19.3. The summed E-state index contributed by atoms with van der Waals surface area (Å²) in [6, 6.07) is 8.42. The molecule has 0 saturated heterocycles. The van der Waals surface area contributed by atoms with E-state index in [-0.39, 0.29) is 41.3 Å². The van der Waals surface area contributed by atoms with Crippen molar-refractivity contribution < 1.29 is 85.3 Å². The second-order valence-corrected chi connectivity index (χ2v) is 21.2. The maximum absolute atomic E-state index is 14.2. The lowest BCUT2D eigenvalue weighted by atomic mass is 9.90. The van der Waals surface area contributed by atoms with Gasteiger partial charge in [-0.3, -0.25) is 18.0 Å².